The Hall–Kier alpha value is -1.58. The van der Waals surface area contributed by atoms with Crippen LogP contribution >= 0.6 is 0 Å². The Morgan fingerprint density at radius 2 is 2.23 bits per heavy atom. The Balaban J connectivity index is 1.69. The normalized spacial score (nSPS) is 30.0. The number of hydrogen-bond donors (Lipinski definition) is 1. The number of carbonyl (C=O) groups excluding carboxylic acids is 1. The zero-order valence-electron chi connectivity index (χ0n) is 14.1. The molecule has 0 aromatic carbocycles. The molecule has 120 valence electrons. The summed E-state index contributed by atoms with van der Waals surface area (Å²) in [6, 6.07) is 2.03. The third-order valence-electron chi connectivity index (χ3n) is 5.38. The maximum atomic E-state index is 13.0. The van der Waals surface area contributed by atoms with Crippen molar-refractivity contribution in [1.82, 2.24) is 15.1 Å². The first-order chi connectivity index (χ1) is 10.4. The van der Waals surface area contributed by atoms with Gasteiger partial charge in [0.2, 0.25) is 5.91 Å². The van der Waals surface area contributed by atoms with E-state index in [9.17, 15) is 4.79 Å². The van der Waals surface area contributed by atoms with Gasteiger partial charge in [-0.2, -0.15) is 5.10 Å². The molecule has 1 saturated heterocycles. The lowest BCUT2D eigenvalue weighted by Crippen LogP contribution is -2.40. The van der Waals surface area contributed by atoms with E-state index in [2.05, 4.69) is 48.9 Å². The molecule has 2 aliphatic rings. The van der Waals surface area contributed by atoms with Gasteiger partial charge in [0, 0.05) is 30.9 Å². The minimum absolute atomic E-state index is 0.106. The van der Waals surface area contributed by atoms with Crippen LogP contribution in [0, 0.1) is 17.3 Å². The topological polar surface area (TPSA) is 49.0 Å². The van der Waals surface area contributed by atoms with Crippen molar-refractivity contribution in [3.63, 3.8) is 0 Å². The van der Waals surface area contributed by atoms with Crippen LogP contribution in [0.25, 0.3) is 0 Å². The predicted molar refractivity (Wildman–Crippen MR) is 87.3 cm³/mol. The Morgan fingerprint density at radius 3 is 2.86 bits per heavy atom. The molecule has 3 rings (SSSR count). The second-order valence-corrected chi connectivity index (χ2v) is 7.70. The SMILES string of the molecule is CC(C)=C[C@@H]1[C@H](C(=O)N2CCC[C@H](c3ccn[nH]3)C2)C1(C)C. The molecule has 0 spiro atoms. The molecule has 0 unspecified atom stereocenters. The van der Waals surface area contributed by atoms with Gasteiger partial charge in [0.25, 0.3) is 0 Å². The van der Waals surface area contributed by atoms with Crippen molar-refractivity contribution < 1.29 is 4.79 Å². The quantitative estimate of drug-likeness (QED) is 0.870. The lowest BCUT2D eigenvalue weighted by Gasteiger charge is -2.32. The average Bonchev–Trinajstić information content (AvgIpc) is 2.87. The van der Waals surface area contributed by atoms with Gasteiger partial charge in [-0.05, 0) is 44.1 Å². The number of nitrogens with zero attached hydrogens (tertiary/aromatic N) is 2. The van der Waals surface area contributed by atoms with Crippen molar-refractivity contribution in [3.05, 3.63) is 29.6 Å². The molecule has 1 aliphatic heterocycles. The number of allylic oxidation sites excluding steroid dienone is 2. The molecular weight excluding hydrogens is 274 g/mol. The van der Waals surface area contributed by atoms with Crippen molar-refractivity contribution >= 4 is 5.91 Å². The van der Waals surface area contributed by atoms with Crippen LogP contribution in [0.1, 0.15) is 52.1 Å². The number of carbonyl (C=O) groups is 1. The summed E-state index contributed by atoms with van der Waals surface area (Å²) in [4.78, 5) is 15.0. The predicted octanol–water partition coefficient (Wildman–Crippen LogP) is 3.35. The van der Waals surface area contributed by atoms with E-state index in [0.29, 0.717) is 17.7 Å². The monoisotopic (exact) mass is 301 g/mol. The number of hydrogen-bond acceptors (Lipinski definition) is 2. The number of aromatic nitrogens is 2. The van der Waals surface area contributed by atoms with Crippen LogP contribution in [0.4, 0.5) is 0 Å². The highest BCUT2D eigenvalue weighted by atomic mass is 16.2. The first-order valence-electron chi connectivity index (χ1n) is 8.34. The molecule has 4 nitrogen and oxygen atoms in total. The summed E-state index contributed by atoms with van der Waals surface area (Å²) in [5, 5.41) is 7.11. The number of H-pyrrole nitrogens is 1. The van der Waals surface area contributed by atoms with Crippen molar-refractivity contribution in [2.75, 3.05) is 13.1 Å². The molecular formula is C18H27N3O. The molecule has 0 radical (unpaired) electrons. The van der Waals surface area contributed by atoms with Gasteiger partial charge in [0.1, 0.15) is 0 Å². The molecule has 1 N–H and O–H groups in total. The van der Waals surface area contributed by atoms with Crippen molar-refractivity contribution in [1.29, 1.82) is 0 Å². The zero-order valence-corrected chi connectivity index (χ0v) is 14.1. The summed E-state index contributed by atoms with van der Waals surface area (Å²) < 4.78 is 0. The smallest absolute Gasteiger partial charge is 0.226 e. The molecule has 0 bridgehead atoms. The van der Waals surface area contributed by atoms with E-state index >= 15 is 0 Å². The van der Waals surface area contributed by atoms with Crippen LogP contribution in [0.2, 0.25) is 0 Å². The number of nitrogens with one attached hydrogen (secondary N) is 1. The standard InChI is InChI=1S/C18H27N3O/c1-12(2)10-14-16(18(14,3)4)17(22)21-9-5-6-13(11-21)15-7-8-19-20-15/h7-8,10,13-14,16H,5-6,9,11H2,1-4H3,(H,19,20)/t13-,14+,16+/m0/s1. The van der Waals surface area contributed by atoms with E-state index in [0.717, 1.165) is 31.6 Å². The number of rotatable bonds is 3. The molecule has 22 heavy (non-hydrogen) atoms. The Kier molecular flexibility index (Phi) is 3.87. The van der Waals surface area contributed by atoms with E-state index in [1.165, 1.54) is 5.57 Å². The van der Waals surface area contributed by atoms with Crippen molar-refractivity contribution in [2.24, 2.45) is 17.3 Å². The summed E-state index contributed by atoms with van der Waals surface area (Å²) >= 11 is 0. The highest BCUT2D eigenvalue weighted by Crippen LogP contribution is 2.60. The van der Waals surface area contributed by atoms with Gasteiger partial charge in [0.15, 0.2) is 0 Å². The first kappa shape index (κ1) is 15.3. The highest BCUT2D eigenvalue weighted by Gasteiger charge is 2.61. The van der Waals surface area contributed by atoms with Gasteiger partial charge < -0.3 is 4.90 Å². The highest BCUT2D eigenvalue weighted by molar-refractivity contribution is 5.84. The van der Waals surface area contributed by atoms with Gasteiger partial charge in [-0.1, -0.05) is 25.5 Å². The molecule has 1 aromatic heterocycles. The Bertz CT molecular complexity index is 569. The van der Waals surface area contributed by atoms with Crippen LogP contribution in [0.5, 0.6) is 0 Å². The average molecular weight is 301 g/mol. The molecule has 3 atom stereocenters. The molecule has 2 heterocycles. The van der Waals surface area contributed by atoms with E-state index in [-0.39, 0.29) is 11.3 Å². The molecule has 1 aliphatic carbocycles. The summed E-state index contributed by atoms with van der Waals surface area (Å²) in [5.74, 6) is 1.31. The zero-order chi connectivity index (χ0) is 15.9. The lowest BCUT2D eigenvalue weighted by atomic mass is 9.94. The van der Waals surface area contributed by atoms with E-state index < -0.39 is 0 Å². The van der Waals surface area contributed by atoms with Crippen LogP contribution in [-0.2, 0) is 4.79 Å². The minimum atomic E-state index is 0.106. The summed E-state index contributed by atoms with van der Waals surface area (Å²) in [7, 11) is 0. The molecule has 2 fully saturated rings. The molecule has 1 aromatic rings. The maximum absolute atomic E-state index is 13.0. The van der Waals surface area contributed by atoms with E-state index in [4.69, 9.17) is 0 Å². The van der Waals surface area contributed by atoms with Crippen molar-refractivity contribution in [3.8, 4) is 0 Å². The molecule has 1 saturated carbocycles. The van der Waals surface area contributed by atoms with Gasteiger partial charge in [-0.25, -0.2) is 0 Å². The van der Waals surface area contributed by atoms with Gasteiger partial charge in [-0.15, -0.1) is 0 Å². The lowest BCUT2D eigenvalue weighted by molar-refractivity contribution is -0.134. The number of likely N-dealkylation sites (tertiary alicyclic amines) is 1. The number of amides is 1. The largest absolute Gasteiger partial charge is 0.342 e. The maximum Gasteiger partial charge on any atom is 0.226 e. The first-order valence-corrected chi connectivity index (χ1v) is 8.34. The Morgan fingerprint density at radius 1 is 1.45 bits per heavy atom. The summed E-state index contributed by atoms with van der Waals surface area (Å²) in [5.41, 5.74) is 2.57. The van der Waals surface area contributed by atoms with Gasteiger partial charge in [0.05, 0.1) is 5.92 Å². The fraction of sp³-hybridized carbons (Fsp3) is 0.667. The van der Waals surface area contributed by atoms with Gasteiger partial charge >= 0.3 is 0 Å². The third-order valence-corrected chi connectivity index (χ3v) is 5.38. The number of piperidine rings is 1. The Labute approximate surface area is 133 Å². The van der Waals surface area contributed by atoms with Crippen LogP contribution in [0.3, 0.4) is 0 Å². The van der Waals surface area contributed by atoms with E-state index in [1.807, 2.05) is 6.07 Å². The van der Waals surface area contributed by atoms with Crippen LogP contribution in [0.15, 0.2) is 23.9 Å². The third kappa shape index (κ3) is 2.71. The summed E-state index contributed by atoms with van der Waals surface area (Å²) in [6.07, 6.45) is 6.29. The fourth-order valence-corrected chi connectivity index (χ4v) is 3.94. The van der Waals surface area contributed by atoms with E-state index in [1.54, 1.807) is 6.20 Å². The molecule has 1 amide bonds. The second-order valence-electron chi connectivity index (χ2n) is 7.70. The van der Waals surface area contributed by atoms with Gasteiger partial charge in [-0.3, -0.25) is 9.89 Å². The van der Waals surface area contributed by atoms with Crippen LogP contribution in [-0.4, -0.2) is 34.1 Å². The minimum Gasteiger partial charge on any atom is -0.342 e. The van der Waals surface area contributed by atoms with Crippen LogP contribution < -0.4 is 0 Å². The fourth-order valence-electron chi connectivity index (χ4n) is 3.94. The second kappa shape index (κ2) is 5.56. The number of aromatic amines is 1. The van der Waals surface area contributed by atoms with Crippen molar-refractivity contribution in [2.45, 2.75) is 46.5 Å². The summed E-state index contributed by atoms with van der Waals surface area (Å²) in [6.45, 7) is 10.4. The molecule has 4 heteroatoms.